The molecule has 2 aromatic carbocycles. The van der Waals surface area contributed by atoms with Gasteiger partial charge in [-0.05, 0) is 44.0 Å². The molecule has 8 heteroatoms. The molecule has 4 rings (SSSR count). The number of rotatable bonds is 6. The van der Waals surface area contributed by atoms with Gasteiger partial charge >= 0.3 is 5.97 Å². The highest BCUT2D eigenvalue weighted by Crippen LogP contribution is 2.36. The summed E-state index contributed by atoms with van der Waals surface area (Å²) in [6, 6.07) is 12.9. The molecule has 0 radical (unpaired) electrons. The first-order valence-electron chi connectivity index (χ1n) is 11.0. The molecule has 0 aromatic heterocycles. The van der Waals surface area contributed by atoms with Crippen LogP contribution < -0.4 is 19.3 Å². The van der Waals surface area contributed by atoms with Crippen LogP contribution in [0.15, 0.2) is 42.5 Å². The summed E-state index contributed by atoms with van der Waals surface area (Å²) in [5.41, 5.74) is 2.51. The maximum absolute atomic E-state index is 13.1. The molecule has 3 atom stereocenters. The number of hydrogen-bond donors (Lipinski definition) is 0. The van der Waals surface area contributed by atoms with E-state index in [9.17, 15) is 14.4 Å². The van der Waals surface area contributed by atoms with E-state index >= 15 is 0 Å². The summed E-state index contributed by atoms with van der Waals surface area (Å²) in [7, 11) is 3.06. The number of amides is 2. The van der Waals surface area contributed by atoms with Crippen LogP contribution in [0, 0.1) is 5.92 Å². The Bertz CT molecular complexity index is 1080. The normalized spacial score (nSPS) is 20.4. The highest BCUT2D eigenvalue weighted by molar-refractivity contribution is 6.02. The zero-order valence-electron chi connectivity index (χ0n) is 19.2. The van der Waals surface area contributed by atoms with Crippen LogP contribution in [0.25, 0.3) is 0 Å². The van der Waals surface area contributed by atoms with Crippen molar-refractivity contribution in [2.75, 3.05) is 30.6 Å². The minimum atomic E-state index is -0.953. The van der Waals surface area contributed by atoms with E-state index in [0.29, 0.717) is 17.2 Å². The third-order valence-electron chi connectivity index (χ3n) is 6.22. The second-order valence-electron chi connectivity index (χ2n) is 8.41. The van der Waals surface area contributed by atoms with Crippen molar-refractivity contribution in [2.45, 2.75) is 38.8 Å². The number of ether oxygens (including phenoxy) is 3. The van der Waals surface area contributed by atoms with Crippen LogP contribution >= 0.6 is 0 Å². The van der Waals surface area contributed by atoms with Gasteiger partial charge in [0.15, 0.2) is 6.10 Å². The van der Waals surface area contributed by atoms with Gasteiger partial charge in [0.05, 0.1) is 25.8 Å². The molecule has 8 nitrogen and oxygen atoms in total. The molecule has 174 valence electrons. The van der Waals surface area contributed by atoms with Gasteiger partial charge in [-0.2, -0.15) is 0 Å². The Hall–Kier alpha value is -3.55. The van der Waals surface area contributed by atoms with E-state index in [0.717, 1.165) is 17.7 Å². The van der Waals surface area contributed by atoms with Crippen LogP contribution in [-0.4, -0.2) is 50.7 Å². The lowest BCUT2D eigenvalue weighted by Crippen LogP contribution is -2.43. The average Bonchev–Trinajstić information content (AvgIpc) is 3.37. The fraction of sp³-hybridized carbons (Fsp3) is 0.400. The third-order valence-corrected chi connectivity index (χ3v) is 6.22. The Morgan fingerprint density at radius 2 is 1.79 bits per heavy atom. The summed E-state index contributed by atoms with van der Waals surface area (Å²) in [4.78, 5) is 41.8. The van der Waals surface area contributed by atoms with Gasteiger partial charge in [0.25, 0.3) is 5.91 Å². The van der Waals surface area contributed by atoms with E-state index in [4.69, 9.17) is 14.2 Å². The molecule has 0 bridgehead atoms. The second kappa shape index (κ2) is 9.13. The highest BCUT2D eigenvalue weighted by Gasteiger charge is 2.40. The highest BCUT2D eigenvalue weighted by atomic mass is 16.5. The van der Waals surface area contributed by atoms with Crippen LogP contribution in [0.5, 0.6) is 11.5 Å². The molecule has 0 saturated carbocycles. The smallest absolute Gasteiger partial charge is 0.312 e. The van der Waals surface area contributed by atoms with Crippen LogP contribution in [0.4, 0.5) is 11.4 Å². The first-order chi connectivity index (χ1) is 15.8. The van der Waals surface area contributed by atoms with Gasteiger partial charge in [-0.3, -0.25) is 14.4 Å². The molecule has 1 saturated heterocycles. The van der Waals surface area contributed by atoms with Crippen molar-refractivity contribution < 1.29 is 28.6 Å². The van der Waals surface area contributed by atoms with Crippen molar-refractivity contribution in [3.63, 3.8) is 0 Å². The number of methoxy groups -OCH3 is 2. The average molecular weight is 453 g/mol. The van der Waals surface area contributed by atoms with Crippen LogP contribution in [-0.2, 0) is 25.5 Å². The van der Waals surface area contributed by atoms with E-state index < -0.39 is 18.0 Å². The molecular weight excluding hydrogens is 424 g/mol. The second-order valence-corrected chi connectivity index (χ2v) is 8.41. The molecule has 2 aromatic rings. The first kappa shape index (κ1) is 22.6. The monoisotopic (exact) mass is 452 g/mol. The van der Waals surface area contributed by atoms with E-state index in [1.54, 1.807) is 37.1 Å². The number of esters is 1. The van der Waals surface area contributed by atoms with E-state index in [-0.39, 0.29) is 30.8 Å². The molecule has 0 aliphatic carbocycles. The van der Waals surface area contributed by atoms with Gasteiger partial charge in [0, 0.05) is 30.8 Å². The summed E-state index contributed by atoms with van der Waals surface area (Å²) in [6.07, 6.45) is -0.179. The Morgan fingerprint density at radius 1 is 1.03 bits per heavy atom. The number of benzene rings is 2. The Balaban J connectivity index is 1.43. The van der Waals surface area contributed by atoms with Gasteiger partial charge in [-0.25, -0.2) is 0 Å². The topological polar surface area (TPSA) is 85.4 Å². The molecule has 1 fully saturated rings. The molecule has 0 N–H and O–H groups in total. The molecule has 0 unspecified atom stereocenters. The molecule has 2 aliphatic heterocycles. The van der Waals surface area contributed by atoms with Gasteiger partial charge in [-0.1, -0.05) is 18.2 Å². The fourth-order valence-electron chi connectivity index (χ4n) is 4.52. The molecule has 33 heavy (non-hydrogen) atoms. The van der Waals surface area contributed by atoms with Gasteiger partial charge < -0.3 is 24.0 Å². The zero-order chi connectivity index (χ0) is 23.7. The maximum atomic E-state index is 13.1. The SMILES string of the molecule is COc1ccc(N2C[C@H](C(=O)O[C@H](C)C(=O)N3c4ccccc4C[C@H]3C)CC2=O)c(OC)c1. The van der Waals surface area contributed by atoms with Crippen LogP contribution in [0.1, 0.15) is 25.8 Å². The maximum Gasteiger partial charge on any atom is 0.312 e. The largest absolute Gasteiger partial charge is 0.497 e. The summed E-state index contributed by atoms with van der Waals surface area (Å²) in [5, 5.41) is 0. The van der Waals surface area contributed by atoms with Gasteiger partial charge in [0.2, 0.25) is 5.91 Å². The number of carbonyl (C=O) groups excluding carboxylic acids is 3. The Labute approximate surface area is 193 Å². The van der Waals surface area contributed by atoms with E-state index in [1.165, 1.54) is 12.0 Å². The van der Waals surface area contributed by atoms with Crippen LogP contribution in [0.2, 0.25) is 0 Å². The zero-order valence-corrected chi connectivity index (χ0v) is 19.2. The Kier molecular flexibility index (Phi) is 6.26. The standard InChI is InChI=1S/C25H28N2O6/c1-15-11-17-7-5-6-8-20(17)27(15)24(29)16(2)33-25(30)18-12-23(28)26(14-18)21-10-9-19(31-3)13-22(21)32-4/h5-10,13,15-16,18H,11-12,14H2,1-4H3/t15-,16-,18-/m1/s1. The lowest BCUT2D eigenvalue weighted by atomic mass is 10.1. The van der Waals surface area contributed by atoms with Crippen molar-refractivity contribution in [3.05, 3.63) is 48.0 Å². The van der Waals surface area contributed by atoms with Gasteiger partial charge in [-0.15, -0.1) is 0 Å². The Morgan fingerprint density at radius 3 is 2.52 bits per heavy atom. The van der Waals surface area contributed by atoms with E-state index in [1.807, 2.05) is 31.2 Å². The lowest BCUT2D eigenvalue weighted by Gasteiger charge is -2.26. The minimum Gasteiger partial charge on any atom is -0.497 e. The molecule has 2 amide bonds. The number of fused-ring (bicyclic) bond motifs is 1. The number of para-hydroxylation sites is 1. The number of carbonyl (C=O) groups is 3. The predicted molar refractivity (Wildman–Crippen MR) is 123 cm³/mol. The van der Waals surface area contributed by atoms with Crippen molar-refractivity contribution >= 4 is 29.2 Å². The van der Waals surface area contributed by atoms with Crippen molar-refractivity contribution in [3.8, 4) is 11.5 Å². The van der Waals surface area contributed by atoms with E-state index in [2.05, 4.69) is 0 Å². The summed E-state index contributed by atoms with van der Waals surface area (Å²) in [5.74, 6) is -0.618. The van der Waals surface area contributed by atoms with Crippen molar-refractivity contribution in [2.24, 2.45) is 5.92 Å². The molecule has 2 aliphatic rings. The van der Waals surface area contributed by atoms with Crippen molar-refractivity contribution in [1.82, 2.24) is 0 Å². The summed E-state index contributed by atoms with van der Waals surface area (Å²) < 4.78 is 16.1. The lowest BCUT2D eigenvalue weighted by molar-refractivity contribution is -0.157. The number of hydrogen-bond acceptors (Lipinski definition) is 6. The molecule has 2 heterocycles. The van der Waals surface area contributed by atoms with Gasteiger partial charge in [0.1, 0.15) is 11.5 Å². The minimum absolute atomic E-state index is 0.0118. The summed E-state index contributed by atoms with van der Waals surface area (Å²) in [6.45, 7) is 3.71. The first-order valence-corrected chi connectivity index (χ1v) is 11.0. The number of anilines is 2. The predicted octanol–water partition coefficient (Wildman–Crippen LogP) is 2.97. The summed E-state index contributed by atoms with van der Waals surface area (Å²) >= 11 is 0. The third kappa shape index (κ3) is 4.25. The molecular formula is C25H28N2O6. The van der Waals surface area contributed by atoms with Crippen molar-refractivity contribution in [1.29, 1.82) is 0 Å². The molecule has 0 spiro atoms. The fourth-order valence-corrected chi connectivity index (χ4v) is 4.52. The number of nitrogens with zero attached hydrogens (tertiary/aromatic N) is 2. The van der Waals surface area contributed by atoms with Crippen LogP contribution in [0.3, 0.4) is 0 Å². The quantitative estimate of drug-likeness (QED) is 0.627.